The molecule has 1 aromatic heterocycles. The summed E-state index contributed by atoms with van der Waals surface area (Å²) in [6.07, 6.45) is 1.47. The molecule has 1 aromatic carbocycles. The molecule has 0 bridgehead atoms. The Morgan fingerprint density at radius 2 is 2.00 bits per heavy atom. The van der Waals surface area contributed by atoms with Crippen LogP contribution in [-0.2, 0) is 0 Å². The molecule has 0 saturated heterocycles. The lowest BCUT2D eigenvalue weighted by atomic mass is 10.2. The molecule has 3 N–H and O–H groups in total. The number of benzene rings is 1. The molecule has 0 amide bonds. The summed E-state index contributed by atoms with van der Waals surface area (Å²) in [5, 5.41) is 11.6. The summed E-state index contributed by atoms with van der Waals surface area (Å²) in [6, 6.07) is 6.14. The molecule has 2 rings (SSSR count). The highest BCUT2D eigenvalue weighted by molar-refractivity contribution is 5.88. The van der Waals surface area contributed by atoms with Crippen molar-refractivity contribution in [1.29, 1.82) is 0 Å². The zero-order chi connectivity index (χ0) is 13.1. The van der Waals surface area contributed by atoms with Gasteiger partial charge in [-0.25, -0.2) is 9.78 Å². The fraction of sp³-hybridized carbons (Fsp3) is 0.0833. The van der Waals surface area contributed by atoms with Crippen molar-refractivity contribution in [1.82, 2.24) is 9.97 Å². The van der Waals surface area contributed by atoms with Gasteiger partial charge < -0.3 is 10.4 Å². The maximum absolute atomic E-state index is 11.4. The van der Waals surface area contributed by atoms with E-state index in [-0.39, 0.29) is 11.1 Å². The van der Waals surface area contributed by atoms with E-state index in [0.29, 0.717) is 17.2 Å². The van der Waals surface area contributed by atoms with Crippen molar-refractivity contribution in [2.45, 2.75) is 6.92 Å². The van der Waals surface area contributed by atoms with Gasteiger partial charge >= 0.3 is 5.97 Å². The Balaban J connectivity index is 2.20. The number of anilines is 2. The summed E-state index contributed by atoms with van der Waals surface area (Å²) in [6.45, 7) is 1.66. The molecule has 0 unspecified atom stereocenters. The monoisotopic (exact) mass is 245 g/mol. The number of H-pyrrole nitrogens is 1. The Labute approximate surface area is 102 Å². The second kappa shape index (κ2) is 4.70. The van der Waals surface area contributed by atoms with Gasteiger partial charge in [0.2, 0.25) is 5.95 Å². The molecule has 0 aliphatic carbocycles. The van der Waals surface area contributed by atoms with Gasteiger partial charge in [0, 0.05) is 17.4 Å². The summed E-state index contributed by atoms with van der Waals surface area (Å²) in [5.74, 6) is -0.669. The lowest BCUT2D eigenvalue weighted by molar-refractivity contribution is 0.0697. The van der Waals surface area contributed by atoms with Crippen molar-refractivity contribution >= 4 is 17.6 Å². The van der Waals surface area contributed by atoms with Gasteiger partial charge in [-0.15, -0.1) is 0 Å². The number of hydrogen-bond donors (Lipinski definition) is 3. The minimum atomic E-state index is -0.983. The first kappa shape index (κ1) is 11.8. The second-order valence-electron chi connectivity index (χ2n) is 3.75. The normalized spacial score (nSPS) is 10.1. The number of nitrogens with zero attached hydrogens (tertiary/aromatic N) is 1. The van der Waals surface area contributed by atoms with Crippen molar-refractivity contribution in [2.75, 3.05) is 5.32 Å². The molecule has 0 spiro atoms. The van der Waals surface area contributed by atoms with Crippen molar-refractivity contribution in [2.24, 2.45) is 0 Å². The van der Waals surface area contributed by atoms with E-state index in [2.05, 4.69) is 15.3 Å². The molecule has 2 aromatic rings. The van der Waals surface area contributed by atoms with Crippen LogP contribution in [-0.4, -0.2) is 21.0 Å². The highest BCUT2D eigenvalue weighted by Gasteiger charge is 2.03. The van der Waals surface area contributed by atoms with Crippen LogP contribution in [0, 0.1) is 6.92 Å². The molecule has 0 radical (unpaired) electrons. The first-order chi connectivity index (χ1) is 8.56. The van der Waals surface area contributed by atoms with Crippen LogP contribution in [0.5, 0.6) is 0 Å². The van der Waals surface area contributed by atoms with E-state index in [1.165, 1.54) is 18.3 Å². The highest BCUT2D eigenvalue weighted by Crippen LogP contribution is 2.12. The van der Waals surface area contributed by atoms with Crippen LogP contribution in [0.15, 0.2) is 35.3 Å². The van der Waals surface area contributed by atoms with Gasteiger partial charge in [-0.1, -0.05) is 0 Å². The number of hydrogen-bond acceptors (Lipinski definition) is 4. The van der Waals surface area contributed by atoms with E-state index < -0.39 is 5.97 Å². The van der Waals surface area contributed by atoms with Gasteiger partial charge in [0.05, 0.1) is 5.56 Å². The van der Waals surface area contributed by atoms with Crippen LogP contribution in [0.1, 0.15) is 15.9 Å². The number of carboxylic acids is 1. The van der Waals surface area contributed by atoms with Gasteiger partial charge in [-0.2, -0.15) is 0 Å². The Morgan fingerprint density at radius 3 is 2.56 bits per heavy atom. The molecule has 6 nitrogen and oxygen atoms in total. The zero-order valence-corrected chi connectivity index (χ0v) is 9.60. The molecule has 0 atom stereocenters. The van der Waals surface area contributed by atoms with Crippen molar-refractivity contribution in [3.8, 4) is 0 Å². The Morgan fingerprint density at radius 1 is 1.33 bits per heavy atom. The maximum Gasteiger partial charge on any atom is 0.335 e. The number of aromatic amines is 1. The van der Waals surface area contributed by atoms with Crippen LogP contribution >= 0.6 is 0 Å². The number of aryl methyl sites for hydroxylation is 1. The first-order valence-electron chi connectivity index (χ1n) is 5.22. The van der Waals surface area contributed by atoms with E-state index in [1.807, 2.05) is 0 Å². The topological polar surface area (TPSA) is 95.1 Å². The molecule has 0 saturated carbocycles. The summed E-state index contributed by atoms with van der Waals surface area (Å²) in [5.41, 5.74) is 1.16. The van der Waals surface area contributed by atoms with Crippen molar-refractivity contribution in [3.05, 3.63) is 51.9 Å². The highest BCUT2D eigenvalue weighted by atomic mass is 16.4. The standard InChI is InChI=1S/C12H11N3O3/c1-7-6-13-12(15-10(7)16)14-9-4-2-8(3-5-9)11(17)18/h2-6H,1H3,(H,17,18)(H2,13,14,15,16). The van der Waals surface area contributed by atoms with Crippen LogP contribution in [0.4, 0.5) is 11.6 Å². The second-order valence-corrected chi connectivity index (χ2v) is 3.75. The third-order valence-electron chi connectivity index (χ3n) is 2.37. The van der Waals surface area contributed by atoms with Crippen LogP contribution < -0.4 is 10.9 Å². The predicted octanol–water partition coefficient (Wildman–Crippen LogP) is 1.52. The van der Waals surface area contributed by atoms with Crippen molar-refractivity contribution < 1.29 is 9.90 Å². The number of carboxylic acid groups (broad SMARTS) is 1. The molecular formula is C12H11N3O3. The zero-order valence-electron chi connectivity index (χ0n) is 9.60. The molecule has 0 aliphatic rings. The average Bonchev–Trinajstić information content (AvgIpc) is 2.34. The Hall–Kier alpha value is -2.63. The maximum atomic E-state index is 11.4. The number of carbonyl (C=O) groups is 1. The number of nitrogens with one attached hydrogen (secondary N) is 2. The Bertz CT molecular complexity index is 632. The lowest BCUT2D eigenvalue weighted by Crippen LogP contribution is -2.12. The largest absolute Gasteiger partial charge is 0.478 e. The van der Waals surface area contributed by atoms with E-state index in [4.69, 9.17) is 5.11 Å². The minimum Gasteiger partial charge on any atom is -0.478 e. The van der Waals surface area contributed by atoms with Gasteiger partial charge in [0.15, 0.2) is 0 Å². The van der Waals surface area contributed by atoms with Crippen LogP contribution in [0.3, 0.4) is 0 Å². The SMILES string of the molecule is Cc1cnc(Nc2ccc(C(=O)O)cc2)[nH]c1=O. The number of aromatic carboxylic acids is 1. The van der Waals surface area contributed by atoms with E-state index in [9.17, 15) is 9.59 Å². The smallest absolute Gasteiger partial charge is 0.335 e. The third kappa shape index (κ3) is 2.54. The predicted molar refractivity (Wildman–Crippen MR) is 66.3 cm³/mol. The summed E-state index contributed by atoms with van der Waals surface area (Å²) >= 11 is 0. The molecule has 0 aliphatic heterocycles. The minimum absolute atomic E-state index is 0.200. The van der Waals surface area contributed by atoms with Gasteiger partial charge in [-0.05, 0) is 31.2 Å². The van der Waals surface area contributed by atoms with E-state index in [1.54, 1.807) is 19.1 Å². The van der Waals surface area contributed by atoms with Crippen molar-refractivity contribution in [3.63, 3.8) is 0 Å². The third-order valence-corrected chi connectivity index (χ3v) is 2.37. The fourth-order valence-corrected chi connectivity index (χ4v) is 1.35. The first-order valence-corrected chi connectivity index (χ1v) is 5.22. The molecular weight excluding hydrogens is 234 g/mol. The number of aromatic nitrogens is 2. The van der Waals surface area contributed by atoms with E-state index >= 15 is 0 Å². The van der Waals surface area contributed by atoms with Gasteiger partial charge in [-0.3, -0.25) is 9.78 Å². The van der Waals surface area contributed by atoms with Gasteiger partial charge in [0.25, 0.3) is 5.56 Å². The quantitative estimate of drug-likeness (QED) is 0.762. The summed E-state index contributed by atoms with van der Waals surface area (Å²) in [4.78, 5) is 28.6. The van der Waals surface area contributed by atoms with E-state index in [0.717, 1.165) is 0 Å². The lowest BCUT2D eigenvalue weighted by Gasteiger charge is -2.05. The van der Waals surface area contributed by atoms with Crippen LogP contribution in [0.2, 0.25) is 0 Å². The molecule has 0 fully saturated rings. The molecule has 6 heteroatoms. The molecule has 92 valence electrons. The molecule has 1 heterocycles. The van der Waals surface area contributed by atoms with Gasteiger partial charge in [0.1, 0.15) is 0 Å². The average molecular weight is 245 g/mol. The fourth-order valence-electron chi connectivity index (χ4n) is 1.35. The van der Waals surface area contributed by atoms with Crippen LogP contribution in [0.25, 0.3) is 0 Å². The Kier molecular flexibility index (Phi) is 3.09. The summed E-state index contributed by atoms with van der Waals surface area (Å²) < 4.78 is 0. The molecule has 18 heavy (non-hydrogen) atoms. The summed E-state index contributed by atoms with van der Waals surface area (Å²) in [7, 11) is 0. The number of rotatable bonds is 3.